The summed E-state index contributed by atoms with van der Waals surface area (Å²) in [6.45, 7) is 0. The molecule has 2 radical (unpaired) electrons. The normalized spacial score (nSPS) is 9.40. The molecule has 1 nitrogen and oxygen atoms in total. The van der Waals surface area contributed by atoms with Gasteiger partial charge in [-0.25, -0.2) is 4.39 Å². The summed E-state index contributed by atoms with van der Waals surface area (Å²) in [6.07, 6.45) is 0. The van der Waals surface area contributed by atoms with E-state index in [0.717, 1.165) is 0 Å². The van der Waals surface area contributed by atoms with E-state index in [1.165, 1.54) is 19.2 Å². The van der Waals surface area contributed by atoms with E-state index in [1.54, 1.807) is 6.07 Å². The number of halogens is 1. The fourth-order valence-electron chi connectivity index (χ4n) is 0.741. The second-order valence-corrected chi connectivity index (χ2v) is 1.86. The summed E-state index contributed by atoms with van der Waals surface area (Å²) in [7, 11) is 6.75. The summed E-state index contributed by atoms with van der Waals surface area (Å²) in [5.74, 6) is -0.315. The predicted molar refractivity (Wildman–Crippen MR) is 38.3 cm³/mol. The third-order valence-electron chi connectivity index (χ3n) is 1.20. The molecule has 0 unspecified atom stereocenters. The minimum absolute atomic E-state index is 0.113. The molecule has 0 spiro atoms. The zero-order chi connectivity index (χ0) is 7.56. The highest BCUT2D eigenvalue weighted by molar-refractivity contribution is 6.34. The lowest BCUT2D eigenvalue weighted by atomic mass is 9.95. The van der Waals surface area contributed by atoms with Gasteiger partial charge in [-0.15, -0.1) is 0 Å². The molecular weight excluding hydrogens is 130 g/mol. The second-order valence-electron chi connectivity index (χ2n) is 1.86. The number of hydrogen-bond donors (Lipinski definition) is 0. The Morgan fingerprint density at radius 3 is 2.60 bits per heavy atom. The number of methoxy groups -OCH3 is 1. The maximum absolute atomic E-state index is 12.6. The molecule has 0 aliphatic carbocycles. The van der Waals surface area contributed by atoms with E-state index in [2.05, 4.69) is 4.74 Å². The van der Waals surface area contributed by atoms with Gasteiger partial charge in [-0.05, 0) is 6.07 Å². The lowest BCUT2D eigenvalue weighted by molar-refractivity contribution is 0.390. The number of ether oxygens (including phenoxy) is 1. The van der Waals surface area contributed by atoms with E-state index in [1.807, 2.05) is 0 Å². The molecule has 0 atom stereocenters. The summed E-state index contributed by atoms with van der Waals surface area (Å²) in [5.41, 5.74) is 0.322. The first kappa shape index (κ1) is 7.13. The van der Waals surface area contributed by atoms with Crippen molar-refractivity contribution in [2.45, 2.75) is 0 Å². The van der Waals surface area contributed by atoms with Crippen molar-refractivity contribution in [2.75, 3.05) is 7.11 Å². The average Bonchev–Trinajstić information content (AvgIpc) is 1.88. The summed E-state index contributed by atoms with van der Waals surface area (Å²) in [5, 5.41) is 0. The smallest absolute Gasteiger partial charge is 0.164 e. The third kappa shape index (κ3) is 1.13. The van der Waals surface area contributed by atoms with Gasteiger partial charge in [-0.3, -0.25) is 0 Å². The molecule has 0 aliphatic heterocycles. The topological polar surface area (TPSA) is 9.23 Å². The van der Waals surface area contributed by atoms with E-state index >= 15 is 0 Å². The van der Waals surface area contributed by atoms with Gasteiger partial charge in [0.2, 0.25) is 0 Å². The van der Waals surface area contributed by atoms with Crippen LogP contribution in [0.3, 0.4) is 0 Å². The van der Waals surface area contributed by atoms with Crippen LogP contribution in [-0.2, 0) is 0 Å². The summed E-state index contributed by atoms with van der Waals surface area (Å²) >= 11 is 0. The first-order valence-corrected chi connectivity index (χ1v) is 2.83. The van der Waals surface area contributed by atoms with Crippen LogP contribution in [0, 0.1) is 5.82 Å². The van der Waals surface area contributed by atoms with Crippen LogP contribution in [0.4, 0.5) is 4.39 Å². The third-order valence-corrected chi connectivity index (χ3v) is 1.20. The van der Waals surface area contributed by atoms with E-state index in [4.69, 9.17) is 7.85 Å². The molecular formula is C7H6BFO. The van der Waals surface area contributed by atoms with Crippen molar-refractivity contribution in [3.63, 3.8) is 0 Å². The van der Waals surface area contributed by atoms with E-state index < -0.39 is 5.82 Å². The van der Waals surface area contributed by atoms with E-state index in [-0.39, 0.29) is 5.75 Å². The van der Waals surface area contributed by atoms with Crippen molar-refractivity contribution in [2.24, 2.45) is 0 Å². The number of rotatable bonds is 1. The molecule has 1 aromatic carbocycles. The largest absolute Gasteiger partial charge is 0.494 e. The van der Waals surface area contributed by atoms with Crippen LogP contribution in [0.1, 0.15) is 0 Å². The van der Waals surface area contributed by atoms with Crippen LogP contribution in [0.25, 0.3) is 0 Å². The van der Waals surface area contributed by atoms with Gasteiger partial charge in [0, 0.05) is 0 Å². The molecule has 0 heterocycles. The Hall–Kier alpha value is -0.985. The van der Waals surface area contributed by atoms with Crippen molar-refractivity contribution < 1.29 is 9.13 Å². The molecule has 1 rings (SSSR count). The Labute approximate surface area is 60.2 Å². The van der Waals surface area contributed by atoms with Crippen LogP contribution in [0.5, 0.6) is 5.75 Å². The quantitative estimate of drug-likeness (QED) is 0.514. The molecule has 3 heteroatoms. The van der Waals surface area contributed by atoms with Crippen LogP contribution in [0.2, 0.25) is 0 Å². The first-order valence-electron chi connectivity index (χ1n) is 2.83. The molecule has 1 aromatic rings. The lowest BCUT2D eigenvalue weighted by Gasteiger charge is -2.03. The van der Waals surface area contributed by atoms with Gasteiger partial charge in [-0.1, -0.05) is 17.6 Å². The Morgan fingerprint density at radius 2 is 2.20 bits per heavy atom. The summed E-state index contributed by atoms with van der Waals surface area (Å²) < 4.78 is 17.3. The molecule has 0 bridgehead atoms. The number of para-hydroxylation sites is 1. The summed E-state index contributed by atoms with van der Waals surface area (Å²) in [4.78, 5) is 0. The highest BCUT2D eigenvalue weighted by Gasteiger charge is 2.01. The zero-order valence-electron chi connectivity index (χ0n) is 5.60. The molecule has 0 fully saturated rings. The standard InChI is InChI=1S/C7H6BFO/c1-10-7-5(8)3-2-4-6(7)9/h2-4H,1H3. The van der Waals surface area contributed by atoms with Crippen LogP contribution >= 0.6 is 0 Å². The van der Waals surface area contributed by atoms with Gasteiger partial charge in [0.25, 0.3) is 0 Å². The maximum Gasteiger partial charge on any atom is 0.164 e. The first-order chi connectivity index (χ1) is 4.75. The van der Waals surface area contributed by atoms with Crippen molar-refractivity contribution in [1.29, 1.82) is 0 Å². The van der Waals surface area contributed by atoms with Crippen molar-refractivity contribution in [3.8, 4) is 5.75 Å². The number of hydrogen-bond acceptors (Lipinski definition) is 1. The highest BCUT2D eigenvalue weighted by atomic mass is 19.1. The van der Waals surface area contributed by atoms with Gasteiger partial charge in [0.05, 0.1) is 7.11 Å². The monoisotopic (exact) mass is 136 g/mol. The Kier molecular flexibility index (Phi) is 1.95. The number of benzene rings is 1. The van der Waals surface area contributed by atoms with Gasteiger partial charge in [0.1, 0.15) is 13.6 Å². The summed E-state index contributed by atoms with van der Waals surface area (Å²) in [6, 6.07) is 4.42. The highest BCUT2D eigenvalue weighted by Crippen LogP contribution is 2.10. The maximum atomic E-state index is 12.6. The molecule has 0 aliphatic rings. The van der Waals surface area contributed by atoms with Gasteiger partial charge in [-0.2, -0.15) is 0 Å². The lowest BCUT2D eigenvalue weighted by Crippen LogP contribution is -2.08. The van der Waals surface area contributed by atoms with Crippen molar-refractivity contribution in [3.05, 3.63) is 24.0 Å². The molecule has 0 aromatic heterocycles. The molecule has 0 saturated heterocycles. The van der Waals surface area contributed by atoms with Gasteiger partial charge < -0.3 is 4.74 Å². The fraction of sp³-hybridized carbons (Fsp3) is 0.143. The molecule has 10 heavy (non-hydrogen) atoms. The fourth-order valence-corrected chi connectivity index (χ4v) is 0.741. The Balaban J connectivity index is 3.17. The van der Waals surface area contributed by atoms with E-state index in [0.29, 0.717) is 5.46 Å². The Morgan fingerprint density at radius 1 is 1.50 bits per heavy atom. The van der Waals surface area contributed by atoms with Gasteiger partial charge in [0.15, 0.2) is 5.82 Å². The minimum atomic E-state index is -0.428. The zero-order valence-corrected chi connectivity index (χ0v) is 5.60. The second kappa shape index (κ2) is 2.73. The van der Waals surface area contributed by atoms with Gasteiger partial charge >= 0.3 is 0 Å². The molecule has 0 saturated carbocycles. The molecule has 50 valence electrons. The minimum Gasteiger partial charge on any atom is -0.494 e. The van der Waals surface area contributed by atoms with E-state index in [9.17, 15) is 4.39 Å². The molecule has 0 amide bonds. The molecule has 0 N–H and O–H groups in total. The average molecular weight is 136 g/mol. The van der Waals surface area contributed by atoms with Crippen molar-refractivity contribution >= 4 is 13.3 Å². The van der Waals surface area contributed by atoms with Crippen molar-refractivity contribution in [1.82, 2.24) is 0 Å². The predicted octanol–water partition coefficient (Wildman–Crippen LogP) is 0.628. The SMILES string of the molecule is [B]c1cccc(F)c1OC. The van der Waals surface area contributed by atoms with Crippen LogP contribution in [-0.4, -0.2) is 15.0 Å². The van der Waals surface area contributed by atoms with Crippen LogP contribution in [0.15, 0.2) is 18.2 Å². The van der Waals surface area contributed by atoms with Crippen LogP contribution < -0.4 is 10.2 Å². The Bertz CT molecular complexity index is 217.